The van der Waals surface area contributed by atoms with E-state index >= 15 is 0 Å². The van der Waals surface area contributed by atoms with Crippen LogP contribution in [-0.2, 0) is 11.3 Å². The van der Waals surface area contributed by atoms with Gasteiger partial charge in [-0.15, -0.1) is 16.6 Å². The molecule has 0 aliphatic carbocycles. The summed E-state index contributed by atoms with van der Waals surface area (Å²) in [5.41, 5.74) is 0. The van der Waals surface area contributed by atoms with Crippen molar-refractivity contribution in [2.75, 3.05) is 6.54 Å². The van der Waals surface area contributed by atoms with Crippen molar-refractivity contribution < 1.29 is 9.21 Å². The normalized spacial score (nSPS) is 12.1. The molecule has 0 radical (unpaired) electrons. The SMILES string of the molecule is C#CCNC(=O)C(C)Sc1nnc(-c2ccco2)n1CC(C)C. The number of carbonyl (C=O) groups is 1. The van der Waals surface area contributed by atoms with Gasteiger partial charge in [-0.05, 0) is 25.0 Å². The van der Waals surface area contributed by atoms with Gasteiger partial charge in [0.2, 0.25) is 5.91 Å². The molecule has 0 aromatic carbocycles. The number of furan rings is 1. The van der Waals surface area contributed by atoms with Crippen molar-refractivity contribution in [3.05, 3.63) is 18.4 Å². The van der Waals surface area contributed by atoms with E-state index in [1.165, 1.54) is 11.8 Å². The number of hydrogen-bond donors (Lipinski definition) is 1. The highest BCUT2D eigenvalue weighted by atomic mass is 32.2. The summed E-state index contributed by atoms with van der Waals surface area (Å²) in [7, 11) is 0. The number of amides is 1. The smallest absolute Gasteiger partial charge is 0.234 e. The molecule has 2 aromatic heterocycles. The lowest BCUT2D eigenvalue weighted by Crippen LogP contribution is -2.31. The van der Waals surface area contributed by atoms with Crippen molar-refractivity contribution in [3.8, 4) is 23.9 Å². The van der Waals surface area contributed by atoms with Crippen molar-refractivity contribution >= 4 is 17.7 Å². The van der Waals surface area contributed by atoms with Crippen LogP contribution in [0.15, 0.2) is 28.0 Å². The zero-order chi connectivity index (χ0) is 16.8. The third-order valence-corrected chi connectivity index (χ3v) is 4.10. The molecule has 1 N–H and O–H groups in total. The van der Waals surface area contributed by atoms with Crippen molar-refractivity contribution in [1.29, 1.82) is 0 Å². The molecule has 2 aromatic rings. The summed E-state index contributed by atoms with van der Waals surface area (Å²) in [5, 5.41) is 11.5. The Bertz CT molecular complexity index is 685. The molecule has 0 saturated carbocycles. The summed E-state index contributed by atoms with van der Waals surface area (Å²) in [4.78, 5) is 12.0. The Balaban J connectivity index is 2.21. The quantitative estimate of drug-likeness (QED) is 0.623. The van der Waals surface area contributed by atoms with E-state index in [-0.39, 0.29) is 17.7 Å². The van der Waals surface area contributed by atoms with Crippen LogP contribution in [0.2, 0.25) is 0 Å². The maximum atomic E-state index is 12.0. The van der Waals surface area contributed by atoms with Crippen molar-refractivity contribution in [1.82, 2.24) is 20.1 Å². The number of nitrogens with one attached hydrogen (secondary N) is 1. The first-order valence-corrected chi connectivity index (χ1v) is 8.25. The Labute approximate surface area is 140 Å². The second kappa shape index (κ2) is 7.88. The molecule has 0 aliphatic heterocycles. The number of terminal acetylenes is 1. The Morgan fingerprint density at radius 2 is 2.26 bits per heavy atom. The standard InChI is InChI=1S/C16H20N4O2S/c1-5-8-17-15(21)12(4)23-16-19-18-14(13-7-6-9-22-13)20(16)10-11(2)3/h1,6-7,9,11-12H,8,10H2,2-4H3,(H,17,21). The van der Waals surface area contributed by atoms with Gasteiger partial charge in [0, 0.05) is 6.54 Å². The number of rotatable bonds is 7. The van der Waals surface area contributed by atoms with Gasteiger partial charge in [-0.3, -0.25) is 9.36 Å². The number of aromatic nitrogens is 3. The van der Waals surface area contributed by atoms with Gasteiger partial charge in [0.1, 0.15) is 0 Å². The first-order valence-electron chi connectivity index (χ1n) is 7.37. The minimum Gasteiger partial charge on any atom is -0.461 e. The highest BCUT2D eigenvalue weighted by Crippen LogP contribution is 2.28. The van der Waals surface area contributed by atoms with Crippen molar-refractivity contribution in [3.63, 3.8) is 0 Å². The summed E-state index contributed by atoms with van der Waals surface area (Å²) >= 11 is 1.36. The summed E-state index contributed by atoms with van der Waals surface area (Å²) in [6.07, 6.45) is 6.76. The predicted molar refractivity (Wildman–Crippen MR) is 89.7 cm³/mol. The first kappa shape index (κ1) is 17.2. The molecule has 1 atom stereocenters. The molecule has 23 heavy (non-hydrogen) atoms. The highest BCUT2D eigenvalue weighted by molar-refractivity contribution is 8.00. The topological polar surface area (TPSA) is 73.0 Å². The largest absolute Gasteiger partial charge is 0.461 e. The van der Waals surface area contributed by atoms with Crippen LogP contribution < -0.4 is 5.32 Å². The predicted octanol–water partition coefficient (Wildman–Crippen LogP) is 2.42. The van der Waals surface area contributed by atoms with E-state index in [2.05, 4.69) is 35.3 Å². The van der Waals surface area contributed by atoms with Gasteiger partial charge in [0.05, 0.1) is 18.1 Å². The molecule has 2 rings (SSSR count). The van der Waals surface area contributed by atoms with Crippen LogP contribution in [0, 0.1) is 18.3 Å². The molecule has 2 heterocycles. The first-order chi connectivity index (χ1) is 11.0. The summed E-state index contributed by atoms with van der Waals surface area (Å²) in [5.74, 6) is 4.01. The third-order valence-electron chi connectivity index (χ3n) is 3.02. The van der Waals surface area contributed by atoms with E-state index in [9.17, 15) is 4.79 Å². The maximum Gasteiger partial charge on any atom is 0.234 e. The molecule has 122 valence electrons. The van der Waals surface area contributed by atoms with Crippen LogP contribution in [0.5, 0.6) is 0 Å². The van der Waals surface area contributed by atoms with Crippen LogP contribution in [0.1, 0.15) is 20.8 Å². The lowest BCUT2D eigenvalue weighted by molar-refractivity contribution is -0.120. The maximum absolute atomic E-state index is 12.0. The molecule has 6 nitrogen and oxygen atoms in total. The van der Waals surface area contributed by atoms with Crippen LogP contribution in [-0.4, -0.2) is 32.5 Å². The molecule has 7 heteroatoms. The molecule has 1 unspecified atom stereocenters. The number of nitrogens with zero attached hydrogens (tertiary/aromatic N) is 3. The average Bonchev–Trinajstić information content (AvgIpc) is 3.14. The summed E-state index contributed by atoms with van der Waals surface area (Å²) in [6, 6.07) is 3.66. The van der Waals surface area contributed by atoms with E-state index in [4.69, 9.17) is 10.8 Å². The van der Waals surface area contributed by atoms with E-state index in [1.807, 2.05) is 23.6 Å². The third kappa shape index (κ3) is 4.39. The van der Waals surface area contributed by atoms with Crippen LogP contribution >= 0.6 is 11.8 Å². The highest BCUT2D eigenvalue weighted by Gasteiger charge is 2.21. The summed E-state index contributed by atoms with van der Waals surface area (Å²) in [6.45, 7) is 7.01. The molecule has 0 spiro atoms. The molecule has 0 fully saturated rings. The van der Waals surface area contributed by atoms with Gasteiger partial charge in [0.15, 0.2) is 16.7 Å². The number of hydrogen-bond acceptors (Lipinski definition) is 5. The Morgan fingerprint density at radius 1 is 1.48 bits per heavy atom. The number of thioether (sulfide) groups is 1. The van der Waals surface area contributed by atoms with Gasteiger partial charge in [0.25, 0.3) is 0 Å². The lowest BCUT2D eigenvalue weighted by Gasteiger charge is -2.14. The monoisotopic (exact) mass is 332 g/mol. The van der Waals surface area contributed by atoms with Gasteiger partial charge < -0.3 is 9.73 Å². The van der Waals surface area contributed by atoms with E-state index < -0.39 is 0 Å². The van der Waals surface area contributed by atoms with Gasteiger partial charge in [-0.2, -0.15) is 0 Å². The summed E-state index contributed by atoms with van der Waals surface area (Å²) < 4.78 is 7.41. The van der Waals surface area contributed by atoms with Crippen LogP contribution in [0.4, 0.5) is 0 Å². The zero-order valence-electron chi connectivity index (χ0n) is 13.4. The van der Waals surface area contributed by atoms with Crippen LogP contribution in [0.25, 0.3) is 11.6 Å². The number of carbonyl (C=O) groups excluding carboxylic acids is 1. The molecular formula is C16H20N4O2S. The van der Waals surface area contributed by atoms with Crippen molar-refractivity contribution in [2.45, 2.75) is 37.7 Å². The van der Waals surface area contributed by atoms with Crippen molar-refractivity contribution in [2.24, 2.45) is 5.92 Å². The Kier molecular flexibility index (Phi) is 5.88. The second-order valence-corrected chi connectivity index (χ2v) is 6.78. The average molecular weight is 332 g/mol. The Morgan fingerprint density at radius 3 is 2.87 bits per heavy atom. The zero-order valence-corrected chi connectivity index (χ0v) is 14.3. The minimum absolute atomic E-state index is 0.119. The van der Waals surface area contributed by atoms with Gasteiger partial charge >= 0.3 is 0 Å². The molecule has 0 saturated heterocycles. The molecule has 1 amide bonds. The van der Waals surface area contributed by atoms with Crippen LogP contribution in [0.3, 0.4) is 0 Å². The van der Waals surface area contributed by atoms with E-state index in [1.54, 1.807) is 6.26 Å². The van der Waals surface area contributed by atoms with E-state index in [0.29, 0.717) is 22.7 Å². The van der Waals surface area contributed by atoms with Gasteiger partial charge in [-0.1, -0.05) is 31.5 Å². The fourth-order valence-corrected chi connectivity index (χ4v) is 2.87. The minimum atomic E-state index is -0.317. The van der Waals surface area contributed by atoms with E-state index in [0.717, 1.165) is 6.54 Å². The fraction of sp³-hybridized carbons (Fsp3) is 0.438. The molecule has 0 bridgehead atoms. The Hall–Kier alpha value is -2.20. The second-order valence-electron chi connectivity index (χ2n) is 5.47. The molecular weight excluding hydrogens is 312 g/mol. The van der Waals surface area contributed by atoms with Gasteiger partial charge in [-0.25, -0.2) is 0 Å². The molecule has 0 aliphatic rings. The lowest BCUT2D eigenvalue weighted by atomic mass is 10.2. The fourth-order valence-electron chi connectivity index (χ4n) is 1.99.